The summed E-state index contributed by atoms with van der Waals surface area (Å²) in [4.78, 5) is 11.4. The van der Waals surface area contributed by atoms with E-state index in [4.69, 9.17) is 5.73 Å². The number of nitrogens with zero attached hydrogens (tertiary/aromatic N) is 1. The number of hydrogen-bond acceptors (Lipinski definition) is 3. The average molecular weight is 194 g/mol. The van der Waals surface area contributed by atoms with Crippen LogP contribution in [0.25, 0.3) is 0 Å². The number of nitrogens with two attached hydrogens (primary N) is 1. The van der Waals surface area contributed by atoms with Crippen molar-refractivity contribution in [1.82, 2.24) is 15.5 Å². The first-order valence-electron chi connectivity index (χ1n) is 4.78. The Morgan fingerprint density at radius 3 is 3.07 bits per heavy atom. The van der Waals surface area contributed by atoms with Crippen LogP contribution in [0.3, 0.4) is 0 Å². The molecule has 0 bridgehead atoms. The van der Waals surface area contributed by atoms with E-state index in [2.05, 4.69) is 15.5 Å². The number of aromatic nitrogens is 2. The summed E-state index contributed by atoms with van der Waals surface area (Å²) in [6.45, 7) is 0.720. The number of nitrogens with one attached hydrogen (secondary N) is 2. The number of amides is 1. The van der Waals surface area contributed by atoms with E-state index >= 15 is 0 Å². The van der Waals surface area contributed by atoms with Gasteiger partial charge in [-0.15, -0.1) is 0 Å². The predicted molar refractivity (Wildman–Crippen MR) is 51.6 cm³/mol. The molecule has 1 heterocycles. The fraction of sp³-hybridized carbons (Fsp3) is 0.556. The zero-order valence-corrected chi connectivity index (χ0v) is 7.86. The van der Waals surface area contributed by atoms with Crippen molar-refractivity contribution in [2.24, 2.45) is 11.7 Å². The van der Waals surface area contributed by atoms with Gasteiger partial charge in [0, 0.05) is 18.8 Å². The molecule has 0 spiro atoms. The maximum Gasteiger partial charge on any atom is 0.254 e. The molecule has 1 saturated carbocycles. The molecule has 2 rings (SSSR count). The average Bonchev–Trinajstić information content (AvgIpc) is 2.62. The molecule has 1 aliphatic carbocycles. The molecule has 5 nitrogen and oxygen atoms in total. The van der Waals surface area contributed by atoms with Gasteiger partial charge < -0.3 is 11.1 Å². The lowest BCUT2D eigenvalue weighted by molar-refractivity contribution is 0.0935. The zero-order valence-electron chi connectivity index (χ0n) is 7.86. The van der Waals surface area contributed by atoms with Gasteiger partial charge in [-0.25, -0.2) is 0 Å². The number of hydrogen-bond donors (Lipinski definition) is 3. The minimum absolute atomic E-state index is 0.0702. The highest BCUT2D eigenvalue weighted by atomic mass is 16.1. The molecule has 0 saturated heterocycles. The first-order valence-corrected chi connectivity index (χ1v) is 4.78. The van der Waals surface area contributed by atoms with Gasteiger partial charge in [-0.05, 0) is 18.8 Å². The van der Waals surface area contributed by atoms with E-state index in [1.54, 1.807) is 6.20 Å². The van der Waals surface area contributed by atoms with Crippen LogP contribution in [0.1, 0.15) is 23.2 Å². The molecular weight excluding hydrogens is 180 g/mol. The largest absolute Gasteiger partial charge is 0.352 e. The minimum atomic E-state index is -0.0702. The van der Waals surface area contributed by atoms with Gasteiger partial charge in [-0.1, -0.05) is 0 Å². The van der Waals surface area contributed by atoms with Gasteiger partial charge in [0.1, 0.15) is 0 Å². The third kappa shape index (κ3) is 1.93. The van der Waals surface area contributed by atoms with Crippen molar-refractivity contribution in [3.05, 3.63) is 18.0 Å². The quantitative estimate of drug-likeness (QED) is 0.627. The van der Waals surface area contributed by atoms with E-state index in [0.717, 1.165) is 19.4 Å². The Bertz CT molecular complexity index is 303. The van der Waals surface area contributed by atoms with Crippen LogP contribution in [0.2, 0.25) is 0 Å². The lowest BCUT2D eigenvalue weighted by atomic mass is 9.81. The van der Waals surface area contributed by atoms with Crippen LogP contribution in [0.4, 0.5) is 0 Å². The molecule has 76 valence electrons. The Morgan fingerprint density at radius 1 is 1.71 bits per heavy atom. The third-order valence-electron chi connectivity index (χ3n) is 2.58. The SMILES string of the molecule is NC1CC(CNC(=O)c2cn[nH]c2)C1. The highest BCUT2D eigenvalue weighted by Crippen LogP contribution is 2.24. The third-order valence-corrected chi connectivity index (χ3v) is 2.58. The Balaban J connectivity index is 1.74. The maximum atomic E-state index is 11.4. The van der Waals surface area contributed by atoms with Gasteiger partial charge in [0.25, 0.3) is 5.91 Å². The van der Waals surface area contributed by atoms with Crippen LogP contribution in [0.5, 0.6) is 0 Å². The van der Waals surface area contributed by atoms with Crippen molar-refractivity contribution < 1.29 is 4.79 Å². The lowest BCUT2D eigenvalue weighted by Gasteiger charge is -2.32. The smallest absolute Gasteiger partial charge is 0.254 e. The molecule has 1 amide bonds. The standard InChI is InChI=1S/C9H14N4O/c10-8-1-6(2-8)3-11-9(14)7-4-12-13-5-7/h4-6,8H,1-3,10H2,(H,11,14)(H,12,13). The van der Waals surface area contributed by atoms with Crippen molar-refractivity contribution in [3.63, 3.8) is 0 Å². The van der Waals surface area contributed by atoms with Crippen molar-refractivity contribution in [2.45, 2.75) is 18.9 Å². The Hall–Kier alpha value is -1.36. The van der Waals surface area contributed by atoms with Crippen LogP contribution in [0, 0.1) is 5.92 Å². The lowest BCUT2D eigenvalue weighted by Crippen LogP contribution is -2.42. The number of rotatable bonds is 3. The highest BCUT2D eigenvalue weighted by molar-refractivity contribution is 5.93. The molecule has 1 aliphatic rings. The van der Waals surface area contributed by atoms with Crippen molar-refractivity contribution in [1.29, 1.82) is 0 Å². The van der Waals surface area contributed by atoms with E-state index in [0.29, 0.717) is 17.5 Å². The first-order chi connectivity index (χ1) is 6.75. The molecular formula is C9H14N4O. The molecule has 5 heteroatoms. The molecule has 0 aromatic carbocycles. The summed E-state index contributed by atoms with van der Waals surface area (Å²) < 4.78 is 0. The Kier molecular flexibility index (Phi) is 2.49. The second-order valence-corrected chi connectivity index (χ2v) is 3.79. The van der Waals surface area contributed by atoms with Gasteiger partial charge in [0.05, 0.1) is 11.8 Å². The fourth-order valence-corrected chi connectivity index (χ4v) is 1.67. The summed E-state index contributed by atoms with van der Waals surface area (Å²) in [5, 5.41) is 9.17. The normalized spacial score (nSPS) is 25.5. The first kappa shape index (κ1) is 9.21. The van der Waals surface area contributed by atoms with Gasteiger partial charge >= 0.3 is 0 Å². The molecule has 1 aromatic rings. The van der Waals surface area contributed by atoms with Crippen LogP contribution in [-0.4, -0.2) is 28.7 Å². The van der Waals surface area contributed by atoms with Crippen molar-refractivity contribution >= 4 is 5.91 Å². The molecule has 0 radical (unpaired) electrons. The van der Waals surface area contributed by atoms with Crippen LogP contribution >= 0.6 is 0 Å². The zero-order chi connectivity index (χ0) is 9.97. The summed E-state index contributed by atoms with van der Waals surface area (Å²) in [6, 6.07) is 0.339. The van der Waals surface area contributed by atoms with E-state index in [9.17, 15) is 4.79 Å². The second-order valence-electron chi connectivity index (χ2n) is 3.79. The van der Waals surface area contributed by atoms with Gasteiger partial charge in [0.15, 0.2) is 0 Å². The summed E-state index contributed by atoms with van der Waals surface area (Å²) in [5.74, 6) is 0.486. The Labute approximate surface area is 82.1 Å². The van der Waals surface area contributed by atoms with Crippen molar-refractivity contribution in [3.8, 4) is 0 Å². The summed E-state index contributed by atoms with van der Waals surface area (Å²) in [5.41, 5.74) is 6.22. The number of carbonyl (C=O) groups excluding carboxylic acids is 1. The number of carbonyl (C=O) groups is 1. The second kappa shape index (κ2) is 3.79. The molecule has 14 heavy (non-hydrogen) atoms. The van der Waals surface area contributed by atoms with Gasteiger partial charge in [0.2, 0.25) is 0 Å². The topological polar surface area (TPSA) is 83.8 Å². The maximum absolute atomic E-state index is 11.4. The van der Waals surface area contributed by atoms with E-state index in [-0.39, 0.29) is 5.91 Å². The summed E-state index contributed by atoms with van der Waals surface area (Å²) >= 11 is 0. The number of aromatic amines is 1. The molecule has 0 unspecified atom stereocenters. The molecule has 1 fully saturated rings. The fourth-order valence-electron chi connectivity index (χ4n) is 1.67. The van der Waals surface area contributed by atoms with Crippen LogP contribution < -0.4 is 11.1 Å². The predicted octanol–water partition coefficient (Wildman–Crippen LogP) is -0.123. The Morgan fingerprint density at radius 2 is 2.50 bits per heavy atom. The summed E-state index contributed by atoms with van der Waals surface area (Å²) in [7, 11) is 0. The van der Waals surface area contributed by atoms with E-state index in [1.807, 2.05) is 0 Å². The molecule has 0 aliphatic heterocycles. The van der Waals surface area contributed by atoms with E-state index in [1.165, 1.54) is 6.20 Å². The van der Waals surface area contributed by atoms with Gasteiger partial charge in [-0.2, -0.15) is 5.10 Å². The summed E-state index contributed by atoms with van der Waals surface area (Å²) in [6.07, 6.45) is 5.14. The highest BCUT2D eigenvalue weighted by Gasteiger charge is 2.25. The monoisotopic (exact) mass is 194 g/mol. The van der Waals surface area contributed by atoms with Gasteiger partial charge in [-0.3, -0.25) is 9.89 Å². The van der Waals surface area contributed by atoms with Crippen molar-refractivity contribution in [2.75, 3.05) is 6.54 Å². The molecule has 1 aromatic heterocycles. The van der Waals surface area contributed by atoms with E-state index < -0.39 is 0 Å². The minimum Gasteiger partial charge on any atom is -0.352 e. The van der Waals surface area contributed by atoms with Crippen LogP contribution in [0.15, 0.2) is 12.4 Å². The number of H-pyrrole nitrogens is 1. The molecule has 4 N–H and O–H groups in total. The van der Waals surface area contributed by atoms with Crippen LogP contribution in [-0.2, 0) is 0 Å². The molecule has 0 atom stereocenters.